The van der Waals surface area contributed by atoms with Gasteiger partial charge in [0, 0.05) is 24.3 Å². The van der Waals surface area contributed by atoms with Gasteiger partial charge in [0.15, 0.2) is 0 Å². The summed E-state index contributed by atoms with van der Waals surface area (Å²) in [5.74, 6) is 0.968. The van der Waals surface area contributed by atoms with Crippen LogP contribution in [-0.4, -0.2) is 31.1 Å². The minimum atomic E-state index is -0.0595. The minimum absolute atomic E-state index is 0.0595. The number of hydrogen-bond donors (Lipinski definition) is 1. The number of amides is 1. The van der Waals surface area contributed by atoms with Crippen LogP contribution in [0.2, 0.25) is 0 Å². The van der Waals surface area contributed by atoms with Crippen LogP contribution in [0.3, 0.4) is 0 Å². The van der Waals surface area contributed by atoms with Crippen molar-refractivity contribution in [1.82, 2.24) is 5.32 Å². The Labute approximate surface area is 114 Å². The summed E-state index contributed by atoms with van der Waals surface area (Å²) in [6, 6.07) is 7.99. The molecular formula is C15H22N2O2. The second kappa shape index (κ2) is 6.06. The number of hydrogen-bond acceptors (Lipinski definition) is 3. The van der Waals surface area contributed by atoms with Gasteiger partial charge in [0.2, 0.25) is 5.91 Å². The number of anilines is 1. The molecule has 4 heteroatoms. The van der Waals surface area contributed by atoms with Crippen LogP contribution >= 0.6 is 0 Å². The highest BCUT2D eigenvalue weighted by Crippen LogP contribution is 2.25. The lowest BCUT2D eigenvalue weighted by molar-refractivity contribution is -0.118. The summed E-state index contributed by atoms with van der Waals surface area (Å²) in [6.45, 7) is 7.47. The van der Waals surface area contributed by atoms with Crippen molar-refractivity contribution in [2.24, 2.45) is 0 Å². The van der Waals surface area contributed by atoms with Crippen LogP contribution in [0.1, 0.15) is 27.2 Å². The Kier molecular flexibility index (Phi) is 4.43. The molecule has 2 rings (SSSR count). The van der Waals surface area contributed by atoms with Gasteiger partial charge in [-0.2, -0.15) is 0 Å². The highest BCUT2D eigenvalue weighted by molar-refractivity contribution is 5.99. The van der Waals surface area contributed by atoms with Crippen molar-refractivity contribution in [3.05, 3.63) is 24.3 Å². The number of carbonyl (C=O) groups excluding carboxylic acids is 1. The fourth-order valence-electron chi connectivity index (χ4n) is 2.40. The van der Waals surface area contributed by atoms with Crippen molar-refractivity contribution in [3.8, 4) is 5.75 Å². The van der Waals surface area contributed by atoms with E-state index < -0.39 is 0 Å². The van der Waals surface area contributed by atoms with Gasteiger partial charge in [0.05, 0.1) is 12.6 Å². The first-order valence-electron chi connectivity index (χ1n) is 6.92. The van der Waals surface area contributed by atoms with E-state index in [1.807, 2.05) is 36.1 Å². The molecule has 4 nitrogen and oxygen atoms in total. The Morgan fingerprint density at radius 2 is 2.26 bits per heavy atom. The van der Waals surface area contributed by atoms with Crippen molar-refractivity contribution < 1.29 is 9.53 Å². The molecule has 1 aliphatic heterocycles. The lowest BCUT2D eigenvalue weighted by Gasteiger charge is -2.19. The zero-order valence-corrected chi connectivity index (χ0v) is 11.8. The summed E-state index contributed by atoms with van der Waals surface area (Å²) in [5.41, 5.74) is 0.920. The fourth-order valence-corrected chi connectivity index (χ4v) is 2.40. The monoisotopic (exact) mass is 262 g/mol. The van der Waals surface area contributed by atoms with E-state index >= 15 is 0 Å². The number of carbonyl (C=O) groups is 1. The van der Waals surface area contributed by atoms with Crippen LogP contribution in [0.25, 0.3) is 0 Å². The normalized spacial score (nSPS) is 19.3. The van der Waals surface area contributed by atoms with E-state index in [1.165, 1.54) is 0 Å². The first kappa shape index (κ1) is 13.9. The van der Waals surface area contributed by atoms with Crippen molar-refractivity contribution >= 4 is 11.6 Å². The smallest absolute Gasteiger partial charge is 0.244 e. The number of nitrogens with zero attached hydrogens (tertiary/aromatic N) is 1. The van der Waals surface area contributed by atoms with Gasteiger partial charge in [-0.15, -0.1) is 0 Å². The Hall–Kier alpha value is -1.55. The van der Waals surface area contributed by atoms with Crippen molar-refractivity contribution in [1.29, 1.82) is 0 Å². The number of benzene rings is 1. The van der Waals surface area contributed by atoms with Gasteiger partial charge in [-0.25, -0.2) is 0 Å². The Bertz CT molecular complexity index is 446. The Morgan fingerprint density at radius 3 is 2.95 bits per heavy atom. The highest BCUT2D eigenvalue weighted by atomic mass is 16.5. The average Bonchev–Trinajstić information content (AvgIpc) is 2.71. The SMILES string of the molecule is CCOc1cccc(N2CCC(NC(C)C)C2=O)c1. The topological polar surface area (TPSA) is 41.6 Å². The summed E-state index contributed by atoms with van der Waals surface area (Å²) in [6.07, 6.45) is 0.857. The van der Waals surface area contributed by atoms with E-state index in [4.69, 9.17) is 4.74 Å². The molecule has 0 spiro atoms. The first-order valence-corrected chi connectivity index (χ1v) is 6.92. The summed E-state index contributed by atoms with van der Waals surface area (Å²) in [7, 11) is 0. The second-order valence-corrected chi connectivity index (χ2v) is 5.08. The van der Waals surface area contributed by atoms with Gasteiger partial charge in [-0.3, -0.25) is 4.79 Å². The highest BCUT2D eigenvalue weighted by Gasteiger charge is 2.32. The van der Waals surface area contributed by atoms with Gasteiger partial charge in [-0.05, 0) is 25.5 Å². The molecule has 1 heterocycles. The van der Waals surface area contributed by atoms with Gasteiger partial charge < -0.3 is 15.0 Å². The molecular weight excluding hydrogens is 240 g/mol. The lowest BCUT2D eigenvalue weighted by atomic mass is 10.2. The first-order chi connectivity index (χ1) is 9.11. The van der Waals surface area contributed by atoms with Crippen LogP contribution in [0, 0.1) is 0 Å². The minimum Gasteiger partial charge on any atom is -0.494 e. The van der Waals surface area contributed by atoms with Gasteiger partial charge in [-0.1, -0.05) is 19.9 Å². The molecule has 1 N–H and O–H groups in total. The number of ether oxygens (including phenoxy) is 1. The molecule has 1 aromatic rings. The Morgan fingerprint density at radius 1 is 1.47 bits per heavy atom. The molecule has 1 unspecified atom stereocenters. The van der Waals surface area contributed by atoms with E-state index in [9.17, 15) is 4.79 Å². The predicted molar refractivity (Wildman–Crippen MR) is 76.6 cm³/mol. The van der Waals surface area contributed by atoms with Crippen LogP contribution < -0.4 is 15.0 Å². The molecule has 1 aliphatic rings. The predicted octanol–water partition coefficient (Wildman–Crippen LogP) is 2.19. The molecule has 104 valence electrons. The molecule has 0 radical (unpaired) electrons. The molecule has 19 heavy (non-hydrogen) atoms. The second-order valence-electron chi connectivity index (χ2n) is 5.08. The molecule has 1 atom stereocenters. The molecule has 1 aromatic carbocycles. The fraction of sp³-hybridized carbons (Fsp3) is 0.533. The van der Waals surface area contributed by atoms with E-state index in [0.717, 1.165) is 24.4 Å². The van der Waals surface area contributed by atoms with Crippen molar-refractivity contribution in [2.45, 2.75) is 39.3 Å². The van der Waals surface area contributed by atoms with Gasteiger partial charge in [0.25, 0.3) is 0 Å². The van der Waals surface area contributed by atoms with Crippen molar-refractivity contribution in [2.75, 3.05) is 18.1 Å². The maximum atomic E-state index is 12.3. The molecule has 1 fully saturated rings. The van der Waals surface area contributed by atoms with E-state index in [-0.39, 0.29) is 11.9 Å². The average molecular weight is 262 g/mol. The third-order valence-electron chi connectivity index (χ3n) is 3.18. The van der Waals surface area contributed by atoms with Crippen LogP contribution in [0.5, 0.6) is 5.75 Å². The quantitative estimate of drug-likeness (QED) is 0.884. The zero-order valence-electron chi connectivity index (χ0n) is 11.8. The molecule has 0 saturated carbocycles. The molecule has 1 saturated heterocycles. The van der Waals surface area contributed by atoms with Crippen LogP contribution in [-0.2, 0) is 4.79 Å². The molecule has 0 aromatic heterocycles. The van der Waals surface area contributed by atoms with E-state index in [2.05, 4.69) is 19.2 Å². The standard InChI is InChI=1S/C15H22N2O2/c1-4-19-13-7-5-6-12(10-13)17-9-8-14(15(17)18)16-11(2)3/h5-7,10-11,14,16H,4,8-9H2,1-3H3. The summed E-state index contributed by atoms with van der Waals surface area (Å²) in [4.78, 5) is 14.2. The lowest BCUT2D eigenvalue weighted by Crippen LogP contribution is -2.41. The third kappa shape index (κ3) is 3.26. The van der Waals surface area contributed by atoms with E-state index in [0.29, 0.717) is 12.6 Å². The maximum Gasteiger partial charge on any atom is 0.244 e. The zero-order chi connectivity index (χ0) is 13.8. The molecule has 0 bridgehead atoms. The van der Waals surface area contributed by atoms with Gasteiger partial charge >= 0.3 is 0 Å². The summed E-state index contributed by atoms with van der Waals surface area (Å²) < 4.78 is 5.48. The summed E-state index contributed by atoms with van der Waals surface area (Å²) >= 11 is 0. The third-order valence-corrected chi connectivity index (χ3v) is 3.18. The van der Waals surface area contributed by atoms with E-state index in [1.54, 1.807) is 0 Å². The number of nitrogens with one attached hydrogen (secondary N) is 1. The maximum absolute atomic E-state index is 12.3. The molecule has 0 aliphatic carbocycles. The number of rotatable bonds is 5. The largest absolute Gasteiger partial charge is 0.494 e. The van der Waals surface area contributed by atoms with Crippen LogP contribution in [0.15, 0.2) is 24.3 Å². The Balaban J connectivity index is 2.10. The molecule has 1 amide bonds. The van der Waals surface area contributed by atoms with Gasteiger partial charge in [0.1, 0.15) is 5.75 Å². The van der Waals surface area contributed by atoms with Crippen molar-refractivity contribution in [3.63, 3.8) is 0 Å². The summed E-state index contributed by atoms with van der Waals surface area (Å²) in [5, 5.41) is 3.31. The van der Waals surface area contributed by atoms with Crippen LogP contribution in [0.4, 0.5) is 5.69 Å².